The zero-order valence-corrected chi connectivity index (χ0v) is 16.8. The van der Waals surface area contributed by atoms with Gasteiger partial charge in [0.15, 0.2) is 0 Å². The Labute approximate surface area is 166 Å². The highest BCUT2D eigenvalue weighted by Gasteiger charge is 2.47. The maximum atomic E-state index is 13.0. The van der Waals surface area contributed by atoms with Gasteiger partial charge in [0.2, 0.25) is 11.8 Å². The van der Waals surface area contributed by atoms with Gasteiger partial charge in [-0.1, -0.05) is 48.0 Å². The van der Waals surface area contributed by atoms with Gasteiger partial charge in [0.25, 0.3) is 0 Å². The molecule has 2 aromatic rings. The van der Waals surface area contributed by atoms with Crippen molar-refractivity contribution in [2.75, 3.05) is 6.61 Å². The average molecular weight is 380 g/mol. The number of carbonyl (C=O) groups is 2. The van der Waals surface area contributed by atoms with E-state index in [2.05, 4.69) is 5.32 Å². The summed E-state index contributed by atoms with van der Waals surface area (Å²) < 4.78 is 5.69. The molecule has 0 spiro atoms. The molecule has 1 atom stereocenters. The highest BCUT2D eigenvalue weighted by atomic mass is 16.5. The molecule has 1 unspecified atom stereocenters. The fourth-order valence-corrected chi connectivity index (χ4v) is 3.57. The predicted octanol–water partition coefficient (Wildman–Crippen LogP) is 3.59. The molecule has 1 N–H and O–H groups in total. The van der Waals surface area contributed by atoms with Crippen molar-refractivity contribution in [2.45, 2.75) is 52.2 Å². The molecular weight excluding hydrogens is 352 g/mol. The first kappa shape index (κ1) is 19.9. The fraction of sp³-hybridized carbons (Fsp3) is 0.391. The van der Waals surface area contributed by atoms with Gasteiger partial charge < -0.3 is 15.0 Å². The van der Waals surface area contributed by atoms with Gasteiger partial charge in [0, 0.05) is 18.5 Å². The van der Waals surface area contributed by atoms with Crippen LogP contribution in [0, 0.1) is 6.92 Å². The number of benzene rings is 2. The molecule has 28 heavy (non-hydrogen) atoms. The lowest BCUT2D eigenvalue weighted by Crippen LogP contribution is -2.53. The van der Waals surface area contributed by atoms with Crippen LogP contribution in [-0.2, 0) is 22.7 Å². The summed E-state index contributed by atoms with van der Waals surface area (Å²) in [6.07, 6.45) is 0.896. The van der Waals surface area contributed by atoms with Crippen molar-refractivity contribution in [1.82, 2.24) is 10.2 Å². The number of nitrogens with zero attached hydrogens (tertiary/aromatic N) is 1. The van der Waals surface area contributed by atoms with Gasteiger partial charge >= 0.3 is 0 Å². The maximum Gasteiger partial charge on any atom is 0.245 e. The van der Waals surface area contributed by atoms with E-state index in [1.54, 1.807) is 4.90 Å². The van der Waals surface area contributed by atoms with E-state index in [9.17, 15) is 9.59 Å². The molecule has 1 fully saturated rings. The van der Waals surface area contributed by atoms with Crippen LogP contribution in [-0.4, -0.2) is 28.9 Å². The predicted molar refractivity (Wildman–Crippen MR) is 109 cm³/mol. The standard InChI is InChI=1S/C23H28N2O3/c1-4-28-20-8-6-5-7-19(20)16-25-21(26)13-14-23(25,3)22(27)24-15-18-11-9-17(2)10-12-18/h5-12H,4,13-16H2,1-3H3,(H,24,27). The fourth-order valence-electron chi connectivity index (χ4n) is 3.57. The zero-order chi connectivity index (χ0) is 20.1. The number of amides is 2. The summed E-state index contributed by atoms with van der Waals surface area (Å²) in [7, 11) is 0. The van der Waals surface area contributed by atoms with E-state index in [0.717, 1.165) is 16.9 Å². The van der Waals surface area contributed by atoms with E-state index in [1.165, 1.54) is 5.56 Å². The Morgan fingerprint density at radius 2 is 1.89 bits per heavy atom. The minimum Gasteiger partial charge on any atom is -0.494 e. The SMILES string of the molecule is CCOc1ccccc1CN1C(=O)CCC1(C)C(=O)NCc1ccc(C)cc1. The molecule has 5 heteroatoms. The molecule has 1 saturated heterocycles. The number of ether oxygens (including phenoxy) is 1. The largest absolute Gasteiger partial charge is 0.494 e. The number of carbonyl (C=O) groups excluding carboxylic acids is 2. The summed E-state index contributed by atoms with van der Waals surface area (Å²) >= 11 is 0. The van der Waals surface area contributed by atoms with Crippen molar-refractivity contribution in [3.8, 4) is 5.75 Å². The average Bonchev–Trinajstić information content (AvgIpc) is 2.98. The number of aryl methyl sites for hydroxylation is 1. The summed E-state index contributed by atoms with van der Waals surface area (Å²) in [6.45, 7) is 7.19. The molecule has 1 aliphatic heterocycles. The van der Waals surface area contributed by atoms with Crippen molar-refractivity contribution < 1.29 is 14.3 Å². The number of rotatable bonds is 7. The van der Waals surface area contributed by atoms with Crippen LogP contribution in [0.4, 0.5) is 0 Å². The summed E-state index contributed by atoms with van der Waals surface area (Å²) in [4.78, 5) is 27.3. The molecule has 1 aliphatic rings. The third-order valence-electron chi connectivity index (χ3n) is 5.39. The smallest absolute Gasteiger partial charge is 0.245 e. The van der Waals surface area contributed by atoms with Gasteiger partial charge in [-0.15, -0.1) is 0 Å². The molecule has 5 nitrogen and oxygen atoms in total. The monoisotopic (exact) mass is 380 g/mol. The Kier molecular flexibility index (Phi) is 6.02. The lowest BCUT2D eigenvalue weighted by atomic mass is 9.96. The normalized spacial score (nSPS) is 19.0. The molecule has 3 rings (SSSR count). The molecule has 2 amide bonds. The zero-order valence-electron chi connectivity index (χ0n) is 16.8. The summed E-state index contributed by atoms with van der Waals surface area (Å²) in [6, 6.07) is 15.7. The van der Waals surface area contributed by atoms with Crippen LogP contribution < -0.4 is 10.1 Å². The van der Waals surface area contributed by atoms with Gasteiger partial charge in [-0.05, 0) is 38.8 Å². The summed E-state index contributed by atoms with van der Waals surface area (Å²) in [5.41, 5.74) is 2.28. The Balaban J connectivity index is 1.74. The Morgan fingerprint density at radius 1 is 1.18 bits per heavy atom. The Bertz CT molecular complexity index is 847. The number of hydrogen-bond acceptors (Lipinski definition) is 3. The third-order valence-corrected chi connectivity index (χ3v) is 5.39. The molecule has 2 aromatic carbocycles. The molecule has 0 bridgehead atoms. The summed E-state index contributed by atoms with van der Waals surface area (Å²) in [5.74, 6) is 0.638. The van der Waals surface area contributed by atoms with Crippen molar-refractivity contribution in [3.63, 3.8) is 0 Å². The molecule has 0 saturated carbocycles. The van der Waals surface area contributed by atoms with Gasteiger partial charge in [0.05, 0.1) is 13.2 Å². The van der Waals surface area contributed by atoms with Gasteiger partial charge in [-0.2, -0.15) is 0 Å². The Hall–Kier alpha value is -2.82. The van der Waals surface area contributed by atoms with Crippen LogP contribution in [0.5, 0.6) is 5.75 Å². The third kappa shape index (κ3) is 4.19. The molecular formula is C23H28N2O3. The first-order chi connectivity index (χ1) is 13.4. The molecule has 1 heterocycles. The molecule has 0 radical (unpaired) electrons. The second kappa shape index (κ2) is 8.46. The number of nitrogens with one attached hydrogen (secondary N) is 1. The van der Waals surface area contributed by atoms with Crippen molar-refractivity contribution in [1.29, 1.82) is 0 Å². The number of likely N-dealkylation sites (tertiary alicyclic amines) is 1. The van der Waals surface area contributed by atoms with E-state index >= 15 is 0 Å². The number of hydrogen-bond donors (Lipinski definition) is 1. The van der Waals surface area contributed by atoms with Crippen LogP contribution in [0.2, 0.25) is 0 Å². The van der Waals surface area contributed by atoms with Crippen molar-refractivity contribution >= 4 is 11.8 Å². The van der Waals surface area contributed by atoms with Gasteiger partial charge in [-0.3, -0.25) is 9.59 Å². The van der Waals surface area contributed by atoms with Crippen LogP contribution in [0.1, 0.15) is 43.4 Å². The van der Waals surface area contributed by atoms with Crippen LogP contribution in [0.25, 0.3) is 0 Å². The van der Waals surface area contributed by atoms with Crippen LogP contribution in [0.3, 0.4) is 0 Å². The van der Waals surface area contributed by atoms with Gasteiger partial charge in [-0.25, -0.2) is 0 Å². The minimum absolute atomic E-state index is 0.000660. The topological polar surface area (TPSA) is 58.6 Å². The molecule has 148 valence electrons. The highest BCUT2D eigenvalue weighted by Crippen LogP contribution is 2.33. The number of para-hydroxylation sites is 1. The van der Waals surface area contributed by atoms with E-state index in [0.29, 0.717) is 32.5 Å². The molecule has 0 aromatic heterocycles. The lowest BCUT2D eigenvalue weighted by Gasteiger charge is -2.34. The maximum absolute atomic E-state index is 13.0. The first-order valence-electron chi connectivity index (χ1n) is 9.79. The quantitative estimate of drug-likeness (QED) is 0.799. The van der Waals surface area contributed by atoms with Crippen molar-refractivity contribution in [2.24, 2.45) is 0 Å². The highest BCUT2D eigenvalue weighted by molar-refractivity contribution is 5.94. The molecule has 0 aliphatic carbocycles. The van der Waals surface area contributed by atoms with Gasteiger partial charge in [0.1, 0.15) is 11.3 Å². The lowest BCUT2D eigenvalue weighted by molar-refractivity contribution is -0.141. The van der Waals surface area contributed by atoms with Crippen molar-refractivity contribution in [3.05, 3.63) is 65.2 Å². The van der Waals surface area contributed by atoms with E-state index in [1.807, 2.05) is 69.3 Å². The summed E-state index contributed by atoms with van der Waals surface area (Å²) in [5, 5.41) is 3.01. The Morgan fingerprint density at radius 3 is 2.61 bits per heavy atom. The van der Waals surface area contributed by atoms with E-state index in [4.69, 9.17) is 4.74 Å². The van der Waals surface area contributed by atoms with Crippen LogP contribution >= 0.6 is 0 Å². The van der Waals surface area contributed by atoms with Crippen LogP contribution in [0.15, 0.2) is 48.5 Å². The minimum atomic E-state index is -0.860. The first-order valence-corrected chi connectivity index (χ1v) is 9.79. The van der Waals surface area contributed by atoms with E-state index in [-0.39, 0.29) is 11.8 Å². The van der Waals surface area contributed by atoms with E-state index < -0.39 is 5.54 Å². The second-order valence-electron chi connectivity index (χ2n) is 7.46. The second-order valence-corrected chi connectivity index (χ2v) is 7.46.